The van der Waals surface area contributed by atoms with Crippen molar-refractivity contribution in [1.29, 1.82) is 0 Å². The minimum Gasteiger partial charge on any atom is -0.288 e. The molecule has 1 aromatic heterocycles. The first kappa shape index (κ1) is 24.8. The highest BCUT2D eigenvalue weighted by Crippen LogP contribution is 2.47. The van der Waals surface area contributed by atoms with Crippen LogP contribution >= 0.6 is 0 Å². The molecule has 4 rings (SSSR count). The lowest BCUT2D eigenvalue weighted by Crippen LogP contribution is -2.34. The van der Waals surface area contributed by atoms with E-state index < -0.39 is 0 Å². The first-order chi connectivity index (χ1) is 16.5. The monoisotopic (exact) mass is 471 g/mol. The van der Waals surface area contributed by atoms with Crippen molar-refractivity contribution in [2.24, 2.45) is 5.92 Å². The van der Waals surface area contributed by atoms with Crippen molar-refractivity contribution in [3.05, 3.63) is 69.8 Å². The van der Waals surface area contributed by atoms with Crippen molar-refractivity contribution < 1.29 is 4.79 Å². The van der Waals surface area contributed by atoms with E-state index in [1.54, 1.807) is 0 Å². The highest BCUT2D eigenvalue weighted by atomic mass is 16.1. The number of anilines is 1. The fourth-order valence-corrected chi connectivity index (χ4v) is 5.08. The van der Waals surface area contributed by atoms with Gasteiger partial charge in [0, 0.05) is 5.56 Å². The molecule has 1 aliphatic carbocycles. The highest BCUT2D eigenvalue weighted by molar-refractivity contribution is 6.03. The second-order valence-electron chi connectivity index (χ2n) is 11.6. The van der Waals surface area contributed by atoms with Crippen LogP contribution in [-0.2, 0) is 17.3 Å². The summed E-state index contributed by atoms with van der Waals surface area (Å²) in [5.74, 6) is 0.472. The minimum absolute atomic E-state index is 0.158. The summed E-state index contributed by atoms with van der Waals surface area (Å²) < 4.78 is 0. The average Bonchev–Trinajstić information content (AvgIpc) is 3.30. The van der Waals surface area contributed by atoms with Crippen LogP contribution in [0, 0.1) is 5.92 Å². The Bertz CT molecular complexity index is 1230. The molecular weight excluding hydrogens is 434 g/mol. The highest BCUT2D eigenvalue weighted by Gasteiger charge is 2.37. The Labute approximate surface area is 208 Å². The molecule has 0 spiro atoms. The number of nitrogens with zero attached hydrogens (tertiary/aromatic N) is 3. The lowest BCUT2D eigenvalue weighted by atomic mass is 9.62. The molecule has 0 atom stereocenters. The summed E-state index contributed by atoms with van der Waals surface area (Å²) in [4.78, 5) is 12.4. The Morgan fingerprint density at radius 3 is 2.26 bits per heavy atom. The smallest absolute Gasteiger partial charge is 0.270 e. The summed E-state index contributed by atoms with van der Waals surface area (Å²) in [5.41, 5.74) is 8.97. The molecule has 35 heavy (non-hydrogen) atoms. The molecule has 2 aromatic carbocycles. The summed E-state index contributed by atoms with van der Waals surface area (Å²) in [5, 5.41) is 15.9. The third-order valence-corrected chi connectivity index (χ3v) is 7.26. The van der Waals surface area contributed by atoms with E-state index in [2.05, 4.69) is 92.6 Å². The second kappa shape index (κ2) is 9.40. The van der Waals surface area contributed by atoms with Gasteiger partial charge in [0.25, 0.3) is 11.9 Å². The Kier molecular flexibility index (Phi) is 6.67. The van der Waals surface area contributed by atoms with E-state index >= 15 is 0 Å². The third-order valence-electron chi connectivity index (χ3n) is 7.26. The van der Waals surface area contributed by atoms with Gasteiger partial charge in [0.2, 0.25) is 0 Å². The fourth-order valence-electron chi connectivity index (χ4n) is 5.08. The molecule has 2 N–H and O–H groups in total. The number of allylic oxidation sites excluding steroid dienone is 1. The Hall–Kier alpha value is -3.28. The van der Waals surface area contributed by atoms with E-state index in [0.717, 1.165) is 12.0 Å². The SMILES string of the molecule is C/C(=C\c1ccc(C(=O)Nc2nn[nH]n2)cc1)c1cc2c(cc1CC(C)C)C(C)(C)CCC2(C)C. The normalized spacial score (nSPS) is 16.7. The van der Waals surface area contributed by atoms with E-state index in [1.165, 1.54) is 40.7 Å². The van der Waals surface area contributed by atoms with Gasteiger partial charge in [0.1, 0.15) is 0 Å². The summed E-state index contributed by atoms with van der Waals surface area (Å²) >= 11 is 0. The van der Waals surface area contributed by atoms with Gasteiger partial charge in [-0.05, 0) is 93.7 Å². The number of carbonyl (C=O) groups excluding carboxylic acids is 1. The van der Waals surface area contributed by atoms with Gasteiger partial charge in [0.15, 0.2) is 0 Å². The van der Waals surface area contributed by atoms with E-state index in [9.17, 15) is 4.79 Å². The van der Waals surface area contributed by atoms with Crippen molar-refractivity contribution in [2.75, 3.05) is 5.32 Å². The maximum atomic E-state index is 12.4. The number of benzene rings is 2. The number of carbonyl (C=O) groups is 1. The Balaban J connectivity index is 1.68. The lowest BCUT2D eigenvalue weighted by molar-refractivity contribution is 0.102. The number of rotatable bonds is 6. The van der Waals surface area contributed by atoms with Gasteiger partial charge in [-0.2, -0.15) is 5.21 Å². The molecule has 0 bridgehead atoms. The molecule has 1 aliphatic rings. The zero-order valence-corrected chi connectivity index (χ0v) is 22.0. The molecule has 0 saturated heterocycles. The van der Waals surface area contributed by atoms with Crippen LogP contribution in [-0.4, -0.2) is 26.5 Å². The first-order valence-corrected chi connectivity index (χ1v) is 12.5. The fraction of sp³-hybridized carbons (Fsp3) is 0.448. The van der Waals surface area contributed by atoms with Gasteiger partial charge in [-0.25, -0.2) is 0 Å². The topological polar surface area (TPSA) is 83.6 Å². The van der Waals surface area contributed by atoms with Gasteiger partial charge in [-0.1, -0.05) is 77.0 Å². The molecule has 0 fully saturated rings. The number of hydrogen-bond donors (Lipinski definition) is 2. The van der Waals surface area contributed by atoms with E-state index in [-0.39, 0.29) is 22.7 Å². The molecule has 6 heteroatoms. The van der Waals surface area contributed by atoms with Gasteiger partial charge in [0.05, 0.1) is 0 Å². The van der Waals surface area contributed by atoms with Crippen LogP contribution in [0.15, 0.2) is 36.4 Å². The number of aromatic nitrogens is 4. The molecule has 0 unspecified atom stereocenters. The standard InChI is InChI=1S/C29H37N5O/c1-18(2)14-22-16-24-25(29(6,7)13-12-28(24,4)5)17-23(22)19(3)15-20-8-10-21(11-9-20)26(35)30-27-31-33-34-32-27/h8-11,15-18H,12-14H2,1-7H3,(H2,30,31,32,33,34,35)/b19-15+. The molecule has 6 nitrogen and oxygen atoms in total. The first-order valence-electron chi connectivity index (χ1n) is 12.5. The zero-order chi connectivity index (χ0) is 25.4. The van der Waals surface area contributed by atoms with E-state index in [4.69, 9.17) is 0 Å². The summed E-state index contributed by atoms with van der Waals surface area (Å²) in [6.45, 7) is 16.3. The second-order valence-corrected chi connectivity index (χ2v) is 11.6. The van der Waals surface area contributed by atoms with Gasteiger partial charge in [-0.15, -0.1) is 5.10 Å². The molecular formula is C29H37N5O. The van der Waals surface area contributed by atoms with Crippen molar-refractivity contribution in [1.82, 2.24) is 20.6 Å². The molecule has 1 amide bonds. The minimum atomic E-state index is -0.266. The predicted octanol–water partition coefficient (Wildman–Crippen LogP) is 6.56. The largest absolute Gasteiger partial charge is 0.288 e. The Morgan fingerprint density at radius 1 is 1.06 bits per heavy atom. The number of fused-ring (bicyclic) bond motifs is 1. The number of H-pyrrole nitrogens is 1. The van der Waals surface area contributed by atoms with Crippen LogP contribution in [0.2, 0.25) is 0 Å². The Morgan fingerprint density at radius 2 is 1.69 bits per heavy atom. The van der Waals surface area contributed by atoms with Gasteiger partial charge >= 0.3 is 0 Å². The van der Waals surface area contributed by atoms with Crippen molar-refractivity contribution >= 4 is 23.5 Å². The van der Waals surface area contributed by atoms with Crippen LogP contribution < -0.4 is 5.32 Å². The van der Waals surface area contributed by atoms with Crippen molar-refractivity contribution in [3.8, 4) is 0 Å². The maximum Gasteiger partial charge on any atom is 0.270 e. The zero-order valence-electron chi connectivity index (χ0n) is 22.0. The molecule has 0 radical (unpaired) electrons. The number of nitrogens with one attached hydrogen (secondary N) is 2. The molecule has 1 heterocycles. The molecule has 0 aliphatic heterocycles. The molecule has 184 valence electrons. The van der Waals surface area contributed by atoms with Crippen LogP contribution in [0.3, 0.4) is 0 Å². The van der Waals surface area contributed by atoms with Gasteiger partial charge < -0.3 is 0 Å². The molecule has 3 aromatic rings. The van der Waals surface area contributed by atoms with Crippen LogP contribution in [0.4, 0.5) is 5.95 Å². The quantitative estimate of drug-likeness (QED) is 0.399. The number of hydrogen-bond acceptors (Lipinski definition) is 4. The predicted molar refractivity (Wildman–Crippen MR) is 142 cm³/mol. The van der Waals surface area contributed by atoms with E-state index in [0.29, 0.717) is 11.5 Å². The maximum absolute atomic E-state index is 12.4. The summed E-state index contributed by atoms with van der Waals surface area (Å²) in [6.07, 6.45) is 5.69. The number of aromatic amines is 1. The summed E-state index contributed by atoms with van der Waals surface area (Å²) in [7, 11) is 0. The lowest BCUT2D eigenvalue weighted by Gasteiger charge is -2.42. The molecule has 0 saturated carbocycles. The van der Waals surface area contributed by atoms with Crippen LogP contribution in [0.1, 0.15) is 99.5 Å². The van der Waals surface area contributed by atoms with Crippen molar-refractivity contribution in [3.63, 3.8) is 0 Å². The third kappa shape index (κ3) is 5.37. The van der Waals surface area contributed by atoms with Crippen LogP contribution in [0.25, 0.3) is 11.6 Å². The number of tetrazole rings is 1. The van der Waals surface area contributed by atoms with Gasteiger partial charge in [-0.3, -0.25) is 10.1 Å². The number of amides is 1. The van der Waals surface area contributed by atoms with Crippen LogP contribution in [0.5, 0.6) is 0 Å². The average molecular weight is 472 g/mol. The summed E-state index contributed by atoms with van der Waals surface area (Å²) in [6, 6.07) is 12.6. The van der Waals surface area contributed by atoms with Crippen molar-refractivity contribution in [2.45, 2.75) is 78.6 Å². The van der Waals surface area contributed by atoms with E-state index in [1.807, 2.05) is 24.3 Å².